The average molecular weight is 731 g/mol. The van der Waals surface area contributed by atoms with E-state index < -0.39 is 0 Å². The molecule has 0 heterocycles. The third kappa shape index (κ3) is 40.1. The van der Waals surface area contributed by atoms with Crippen LogP contribution in [0.2, 0.25) is 0 Å². The average Bonchev–Trinajstić information content (AvgIpc) is 3.04. The molecule has 0 aromatic carbocycles. The van der Waals surface area contributed by atoms with Crippen LogP contribution in [0.1, 0.15) is 187 Å². The maximum Gasteiger partial charge on any atom is 0.130 e. The quantitative estimate of drug-likeness (QED) is 0.0392. The van der Waals surface area contributed by atoms with E-state index in [0.717, 1.165) is 50.0 Å². The molecule has 0 saturated heterocycles. The Morgan fingerprint density at radius 3 is 1.32 bits per heavy atom. The molecule has 1 N–H and O–H groups in total. The van der Waals surface area contributed by atoms with Crippen molar-refractivity contribution in [3.8, 4) is 0 Å². The Kier molecular flexibility index (Phi) is 41.9. The van der Waals surface area contributed by atoms with Gasteiger partial charge in [0.2, 0.25) is 0 Å². The topological polar surface area (TPSA) is 38.7 Å². The number of nitrogens with zero attached hydrogens (tertiary/aromatic N) is 1. The van der Waals surface area contributed by atoms with Gasteiger partial charge in [-0.15, -0.1) is 0 Å². The van der Waals surface area contributed by atoms with Gasteiger partial charge in [0.05, 0.1) is 27.2 Å². The van der Waals surface area contributed by atoms with Crippen molar-refractivity contribution in [1.29, 1.82) is 0 Å². The van der Waals surface area contributed by atoms with E-state index in [0.29, 0.717) is 6.61 Å². The number of quaternary nitrogens is 1. The van der Waals surface area contributed by atoms with Crippen molar-refractivity contribution in [3.63, 3.8) is 0 Å². The molecule has 0 saturated carbocycles. The van der Waals surface area contributed by atoms with E-state index >= 15 is 0 Å². The number of allylic oxidation sites excluding steroid dienone is 4. The Balaban J connectivity index is 0. The molecule has 0 radical (unpaired) electrons. The predicted octanol–water partition coefficient (Wildman–Crippen LogP) is 9.15. The first-order valence-corrected chi connectivity index (χ1v) is 20.5. The third-order valence-electron chi connectivity index (χ3n) is 9.23. The molecule has 282 valence electrons. The lowest BCUT2D eigenvalue weighted by atomic mass is 10.1. The number of halogens is 1. The van der Waals surface area contributed by atoms with Crippen LogP contribution in [0.5, 0.6) is 0 Å². The Labute approximate surface area is 306 Å². The lowest BCUT2D eigenvalue weighted by Gasteiger charge is -2.33. The minimum Gasteiger partial charge on any atom is -1.00 e. The van der Waals surface area contributed by atoms with Crippen molar-refractivity contribution in [2.75, 3.05) is 53.6 Å². The molecule has 5 heteroatoms. The van der Waals surface area contributed by atoms with E-state index in [4.69, 9.17) is 9.47 Å². The van der Waals surface area contributed by atoms with Crippen LogP contribution in [0.25, 0.3) is 0 Å². The standard InChI is InChI=1S/C42H84NO3.BrH/c1-5-7-9-11-13-15-17-19-21-23-25-27-29-31-33-38-45-41-42(40-43(3,4)36-35-37-44)46-39-34-32-30-28-26-24-22-20-18-16-14-12-10-8-6-2;/h17-20,42,44H,5-16,21-41H2,1-4H3;1H/q+1;/p-1/b19-17+,20-18+;. The summed E-state index contributed by atoms with van der Waals surface area (Å²) >= 11 is 0. The third-order valence-corrected chi connectivity index (χ3v) is 9.23. The van der Waals surface area contributed by atoms with Gasteiger partial charge in [0, 0.05) is 26.2 Å². The summed E-state index contributed by atoms with van der Waals surface area (Å²) in [6, 6.07) is 0. The van der Waals surface area contributed by atoms with Crippen molar-refractivity contribution in [2.45, 2.75) is 193 Å². The summed E-state index contributed by atoms with van der Waals surface area (Å²) in [5.41, 5.74) is 0. The van der Waals surface area contributed by atoms with Gasteiger partial charge >= 0.3 is 0 Å². The maximum atomic E-state index is 9.32. The molecular weight excluding hydrogens is 646 g/mol. The second-order valence-corrected chi connectivity index (χ2v) is 14.7. The normalized spacial score (nSPS) is 12.8. The minimum atomic E-state index is 0. The number of rotatable bonds is 38. The summed E-state index contributed by atoms with van der Waals surface area (Å²) in [6.45, 7) is 9.12. The van der Waals surface area contributed by atoms with Gasteiger partial charge in [0.15, 0.2) is 0 Å². The second kappa shape index (κ2) is 40.2. The minimum absolute atomic E-state index is 0. The number of hydrogen-bond acceptors (Lipinski definition) is 3. The Morgan fingerprint density at radius 1 is 0.511 bits per heavy atom. The molecule has 0 bridgehead atoms. The highest BCUT2D eigenvalue weighted by Crippen LogP contribution is 2.13. The lowest BCUT2D eigenvalue weighted by molar-refractivity contribution is -0.893. The zero-order valence-corrected chi connectivity index (χ0v) is 33.9. The van der Waals surface area contributed by atoms with E-state index in [1.54, 1.807) is 0 Å². The van der Waals surface area contributed by atoms with Crippen LogP contribution in [0.3, 0.4) is 0 Å². The number of ether oxygens (including phenoxy) is 2. The van der Waals surface area contributed by atoms with Crippen LogP contribution < -0.4 is 17.0 Å². The number of aliphatic hydroxyl groups is 1. The van der Waals surface area contributed by atoms with Crippen LogP contribution in [-0.4, -0.2) is 69.3 Å². The molecule has 47 heavy (non-hydrogen) atoms. The molecule has 0 fully saturated rings. The molecule has 0 aliphatic rings. The fourth-order valence-corrected chi connectivity index (χ4v) is 6.21. The molecule has 4 nitrogen and oxygen atoms in total. The molecule has 0 amide bonds. The fraction of sp³-hybridized carbons (Fsp3) is 0.905. The molecular formula is C42H84BrNO3. The lowest BCUT2D eigenvalue weighted by Crippen LogP contribution is -3.00. The van der Waals surface area contributed by atoms with E-state index in [9.17, 15) is 5.11 Å². The van der Waals surface area contributed by atoms with Crippen molar-refractivity contribution in [1.82, 2.24) is 0 Å². The van der Waals surface area contributed by atoms with Gasteiger partial charge < -0.3 is 36.0 Å². The zero-order valence-electron chi connectivity index (χ0n) is 32.3. The Bertz CT molecular complexity index is 639. The Morgan fingerprint density at radius 2 is 0.894 bits per heavy atom. The molecule has 1 unspecified atom stereocenters. The van der Waals surface area contributed by atoms with Crippen LogP contribution in [0, 0.1) is 0 Å². The molecule has 0 aromatic heterocycles. The second-order valence-electron chi connectivity index (χ2n) is 14.7. The first-order chi connectivity index (χ1) is 22.6. The summed E-state index contributed by atoms with van der Waals surface area (Å²) in [6.07, 6.45) is 45.0. The first kappa shape index (κ1) is 48.9. The van der Waals surface area contributed by atoms with Gasteiger partial charge in [-0.25, -0.2) is 0 Å². The highest BCUT2D eigenvalue weighted by molar-refractivity contribution is 4.82. The monoisotopic (exact) mass is 730 g/mol. The van der Waals surface area contributed by atoms with E-state index in [2.05, 4.69) is 52.2 Å². The van der Waals surface area contributed by atoms with Crippen molar-refractivity contribution in [3.05, 3.63) is 24.3 Å². The van der Waals surface area contributed by atoms with Gasteiger partial charge in [-0.3, -0.25) is 0 Å². The largest absolute Gasteiger partial charge is 1.00 e. The van der Waals surface area contributed by atoms with Gasteiger partial charge in [0.1, 0.15) is 12.6 Å². The molecule has 1 atom stereocenters. The smallest absolute Gasteiger partial charge is 0.130 e. The summed E-state index contributed by atoms with van der Waals surface area (Å²) in [7, 11) is 4.50. The Hall–Kier alpha value is -0.200. The highest BCUT2D eigenvalue weighted by atomic mass is 79.9. The summed E-state index contributed by atoms with van der Waals surface area (Å²) in [4.78, 5) is 0. The summed E-state index contributed by atoms with van der Waals surface area (Å²) < 4.78 is 13.4. The van der Waals surface area contributed by atoms with E-state index in [1.807, 2.05) is 0 Å². The molecule has 0 spiro atoms. The maximum absolute atomic E-state index is 9.32. The van der Waals surface area contributed by atoms with Crippen LogP contribution >= 0.6 is 0 Å². The van der Waals surface area contributed by atoms with Crippen LogP contribution in [0.4, 0.5) is 0 Å². The number of aliphatic hydroxyl groups excluding tert-OH is 1. The van der Waals surface area contributed by atoms with Crippen molar-refractivity contribution >= 4 is 0 Å². The summed E-state index contributed by atoms with van der Waals surface area (Å²) in [5.74, 6) is 0. The predicted molar refractivity (Wildman–Crippen MR) is 204 cm³/mol. The SMILES string of the molecule is CCCCCCC/C=C/CCCCCCCCOCC(C[N+](C)(C)CCCO)OCCCCCCCC/C=C/CCCCCCC.[Br-]. The molecule has 0 aliphatic carbocycles. The molecule has 0 aromatic rings. The number of hydrogen-bond donors (Lipinski definition) is 1. The van der Waals surface area contributed by atoms with Crippen molar-refractivity contribution < 1.29 is 36.0 Å². The van der Waals surface area contributed by atoms with Crippen LogP contribution in [-0.2, 0) is 9.47 Å². The van der Waals surface area contributed by atoms with Crippen LogP contribution in [0.15, 0.2) is 24.3 Å². The van der Waals surface area contributed by atoms with Gasteiger partial charge in [-0.2, -0.15) is 0 Å². The molecule has 0 rings (SSSR count). The van der Waals surface area contributed by atoms with Gasteiger partial charge in [0.25, 0.3) is 0 Å². The number of unbranched alkanes of at least 4 members (excludes halogenated alkanes) is 22. The molecule has 0 aliphatic heterocycles. The highest BCUT2D eigenvalue weighted by Gasteiger charge is 2.22. The van der Waals surface area contributed by atoms with Gasteiger partial charge in [-0.05, 0) is 64.2 Å². The first-order valence-electron chi connectivity index (χ1n) is 20.5. The summed E-state index contributed by atoms with van der Waals surface area (Å²) in [5, 5.41) is 9.32. The van der Waals surface area contributed by atoms with Gasteiger partial charge in [-0.1, -0.05) is 141 Å². The van der Waals surface area contributed by atoms with E-state index in [-0.39, 0.29) is 29.7 Å². The van der Waals surface area contributed by atoms with Crippen molar-refractivity contribution in [2.24, 2.45) is 0 Å². The zero-order chi connectivity index (χ0) is 33.7. The fourth-order valence-electron chi connectivity index (χ4n) is 6.21. The number of likely N-dealkylation sites (N-methyl/N-ethyl adjacent to an activating group) is 1. The van der Waals surface area contributed by atoms with E-state index in [1.165, 1.54) is 154 Å².